The van der Waals surface area contributed by atoms with Gasteiger partial charge in [0.05, 0.1) is 0 Å². The van der Waals surface area contributed by atoms with E-state index in [1.54, 1.807) is 25.9 Å². The van der Waals surface area contributed by atoms with Crippen molar-refractivity contribution in [2.75, 3.05) is 19.4 Å². The summed E-state index contributed by atoms with van der Waals surface area (Å²) in [6, 6.07) is -0.261. The van der Waals surface area contributed by atoms with E-state index >= 15 is 0 Å². The largest absolute Gasteiger partial charge is 0.349 e. The molecule has 1 rings (SSSR count). The van der Waals surface area contributed by atoms with Crippen LogP contribution in [0.4, 0.5) is 5.13 Å². The highest BCUT2D eigenvalue weighted by molar-refractivity contribution is 7.09. The number of amides is 1. The Morgan fingerprint density at radius 1 is 1.69 bits per heavy atom. The van der Waals surface area contributed by atoms with Crippen molar-refractivity contribution in [3.05, 3.63) is 6.33 Å². The van der Waals surface area contributed by atoms with Crippen LogP contribution in [0.1, 0.15) is 6.92 Å². The summed E-state index contributed by atoms with van der Waals surface area (Å²) in [6.07, 6.45) is 1.46. The van der Waals surface area contributed by atoms with Crippen LogP contribution in [-0.2, 0) is 4.79 Å². The number of rotatable bonds is 3. The Labute approximate surface area is 80.9 Å². The van der Waals surface area contributed by atoms with Gasteiger partial charge in [0.15, 0.2) is 0 Å². The first-order valence-electron chi connectivity index (χ1n) is 3.85. The number of carbonyl (C=O) groups is 1. The lowest BCUT2D eigenvalue weighted by atomic mass is 10.3. The zero-order valence-corrected chi connectivity index (χ0v) is 8.63. The molecule has 0 aliphatic carbocycles. The zero-order valence-electron chi connectivity index (χ0n) is 7.81. The van der Waals surface area contributed by atoms with Gasteiger partial charge in [-0.15, -0.1) is 0 Å². The molecule has 0 spiro atoms. The fraction of sp³-hybridized carbons (Fsp3) is 0.571. The third kappa shape index (κ3) is 2.66. The SMILES string of the molecule is C[C@H](Nc1ncns1)C(=O)N(C)C. The molecule has 0 radical (unpaired) electrons. The molecule has 13 heavy (non-hydrogen) atoms. The van der Waals surface area contributed by atoms with Crippen LogP contribution in [0.3, 0.4) is 0 Å². The van der Waals surface area contributed by atoms with E-state index in [-0.39, 0.29) is 11.9 Å². The van der Waals surface area contributed by atoms with E-state index in [2.05, 4.69) is 14.7 Å². The number of carbonyl (C=O) groups excluding carboxylic acids is 1. The van der Waals surface area contributed by atoms with E-state index in [0.717, 1.165) is 0 Å². The van der Waals surface area contributed by atoms with Crippen LogP contribution in [0, 0.1) is 0 Å². The highest BCUT2D eigenvalue weighted by atomic mass is 32.1. The number of aromatic nitrogens is 2. The molecular weight excluding hydrogens is 188 g/mol. The predicted molar refractivity (Wildman–Crippen MR) is 51.7 cm³/mol. The van der Waals surface area contributed by atoms with Crippen LogP contribution in [-0.4, -0.2) is 40.3 Å². The topological polar surface area (TPSA) is 58.1 Å². The lowest BCUT2D eigenvalue weighted by molar-refractivity contribution is -0.129. The summed E-state index contributed by atoms with van der Waals surface area (Å²) >= 11 is 1.24. The maximum Gasteiger partial charge on any atom is 0.244 e. The van der Waals surface area contributed by atoms with Crippen LogP contribution in [0.25, 0.3) is 0 Å². The van der Waals surface area contributed by atoms with Crippen molar-refractivity contribution in [3.8, 4) is 0 Å². The van der Waals surface area contributed by atoms with Gasteiger partial charge in [0, 0.05) is 25.6 Å². The first kappa shape index (κ1) is 9.91. The van der Waals surface area contributed by atoms with E-state index in [4.69, 9.17) is 0 Å². The number of hydrogen-bond acceptors (Lipinski definition) is 5. The van der Waals surface area contributed by atoms with Crippen molar-refractivity contribution in [1.29, 1.82) is 0 Å². The number of nitrogens with one attached hydrogen (secondary N) is 1. The van der Waals surface area contributed by atoms with E-state index in [0.29, 0.717) is 5.13 Å². The van der Waals surface area contributed by atoms with Crippen molar-refractivity contribution in [2.24, 2.45) is 0 Å². The average molecular weight is 200 g/mol. The summed E-state index contributed by atoms with van der Waals surface area (Å²) in [6.45, 7) is 1.80. The summed E-state index contributed by atoms with van der Waals surface area (Å²) in [5.74, 6) is 0.0233. The number of anilines is 1. The molecule has 1 amide bonds. The Balaban J connectivity index is 2.51. The lowest BCUT2D eigenvalue weighted by Crippen LogP contribution is -2.36. The van der Waals surface area contributed by atoms with Gasteiger partial charge in [-0.3, -0.25) is 4.79 Å². The predicted octanol–water partition coefficient (Wildman–Crippen LogP) is 0.427. The monoisotopic (exact) mass is 200 g/mol. The molecule has 1 aromatic rings. The summed E-state index contributed by atoms with van der Waals surface area (Å²) in [4.78, 5) is 16.9. The molecule has 0 aromatic carbocycles. The number of likely N-dealkylation sites (N-methyl/N-ethyl adjacent to an activating group) is 1. The molecule has 6 heteroatoms. The minimum absolute atomic E-state index is 0.0233. The summed E-state index contributed by atoms with van der Waals surface area (Å²) in [5, 5.41) is 3.63. The van der Waals surface area contributed by atoms with Gasteiger partial charge in [-0.05, 0) is 6.92 Å². The molecule has 0 saturated heterocycles. The number of nitrogens with zero attached hydrogens (tertiary/aromatic N) is 3. The van der Waals surface area contributed by atoms with Gasteiger partial charge < -0.3 is 10.2 Å². The summed E-state index contributed by atoms with van der Waals surface area (Å²) in [5.41, 5.74) is 0. The second kappa shape index (κ2) is 4.18. The maximum absolute atomic E-state index is 11.4. The van der Waals surface area contributed by atoms with E-state index < -0.39 is 0 Å². The molecule has 72 valence electrons. The molecule has 0 aliphatic heterocycles. The van der Waals surface area contributed by atoms with Gasteiger partial charge in [0.2, 0.25) is 11.0 Å². The molecule has 1 N–H and O–H groups in total. The Bertz CT molecular complexity index is 272. The van der Waals surface area contributed by atoms with E-state index in [9.17, 15) is 4.79 Å². The molecule has 0 unspecified atom stereocenters. The van der Waals surface area contributed by atoms with E-state index in [1.165, 1.54) is 17.9 Å². The van der Waals surface area contributed by atoms with Gasteiger partial charge in [0.25, 0.3) is 0 Å². The van der Waals surface area contributed by atoms with Crippen LogP contribution in [0.15, 0.2) is 6.33 Å². The molecule has 0 bridgehead atoms. The number of hydrogen-bond donors (Lipinski definition) is 1. The minimum Gasteiger partial charge on any atom is -0.349 e. The van der Waals surface area contributed by atoms with Crippen LogP contribution in [0.5, 0.6) is 0 Å². The maximum atomic E-state index is 11.4. The Kier molecular flexibility index (Phi) is 3.18. The van der Waals surface area contributed by atoms with Crippen molar-refractivity contribution >= 4 is 22.6 Å². The molecule has 0 fully saturated rings. The first-order chi connectivity index (χ1) is 6.11. The molecule has 1 aromatic heterocycles. The van der Waals surface area contributed by atoms with Crippen molar-refractivity contribution in [1.82, 2.24) is 14.3 Å². The Hall–Kier alpha value is -1.17. The Morgan fingerprint density at radius 3 is 2.85 bits per heavy atom. The third-order valence-electron chi connectivity index (χ3n) is 1.51. The van der Waals surface area contributed by atoms with Gasteiger partial charge in [0.1, 0.15) is 12.4 Å². The van der Waals surface area contributed by atoms with Crippen LogP contribution >= 0.6 is 11.5 Å². The van der Waals surface area contributed by atoms with Gasteiger partial charge in [-0.2, -0.15) is 4.37 Å². The highest BCUT2D eigenvalue weighted by Gasteiger charge is 2.14. The van der Waals surface area contributed by atoms with Gasteiger partial charge in [-0.1, -0.05) is 0 Å². The smallest absolute Gasteiger partial charge is 0.244 e. The fourth-order valence-electron chi connectivity index (χ4n) is 0.871. The first-order valence-corrected chi connectivity index (χ1v) is 4.63. The van der Waals surface area contributed by atoms with Crippen molar-refractivity contribution < 1.29 is 4.79 Å². The third-order valence-corrected chi connectivity index (χ3v) is 2.11. The lowest BCUT2D eigenvalue weighted by Gasteiger charge is -2.16. The molecule has 1 atom stereocenters. The van der Waals surface area contributed by atoms with Gasteiger partial charge >= 0.3 is 0 Å². The molecule has 5 nitrogen and oxygen atoms in total. The highest BCUT2D eigenvalue weighted by Crippen LogP contribution is 2.08. The van der Waals surface area contributed by atoms with Crippen LogP contribution in [0.2, 0.25) is 0 Å². The minimum atomic E-state index is -0.261. The zero-order chi connectivity index (χ0) is 9.84. The van der Waals surface area contributed by atoms with Crippen LogP contribution < -0.4 is 5.32 Å². The molecular formula is C7H12N4OS. The normalized spacial score (nSPS) is 12.2. The second-order valence-corrected chi connectivity index (χ2v) is 3.63. The molecule has 0 saturated carbocycles. The Morgan fingerprint density at radius 2 is 2.38 bits per heavy atom. The fourth-order valence-corrected chi connectivity index (χ4v) is 1.39. The van der Waals surface area contributed by atoms with E-state index in [1.807, 2.05) is 0 Å². The molecule has 0 aliphatic rings. The van der Waals surface area contributed by atoms with Gasteiger partial charge in [-0.25, -0.2) is 4.98 Å². The summed E-state index contributed by atoms with van der Waals surface area (Å²) < 4.78 is 3.82. The standard InChI is InChI=1S/C7H12N4OS/c1-5(6(12)11(2)3)10-7-8-4-9-13-7/h4-5H,1-3H3,(H,8,9,10)/t5-/m0/s1. The second-order valence-electron chi connectivity index (χ2n) is 2.85. The molecule has 1 heterocycles. The quantitative estimate of drug-likeness (QED) is 0.768. The summed E-state index contributed by atoms with van der Waals surface area (Å²) in [7, 11) is 3.45. The van der Waals surface area contributed by atoms with Crippen molar-refractivity contribution in [2.45, 2.75) is 13.0 Å². The van der Waals surface area contributed by atoms with Crippen molar-refractivity contribution in [3.63, 3.8) is 0 Å². The average Bonchev–Trinajstić information content (AvgIpc) is 2.55.